The number of nitrogens with zero attached hydrogens (tertiary/aromatic N) is 2. The van der Waals surface area contributed by atoms with Gasteiger partial charge in [-0.15, -0.1) is 0 Å². The molecule has 0 aromatic carbocycles. The molecule has 1 N–H and O–H groups in total. The number of fused-ring (bicyclic) bond motifs is 1. The van der Waals surface area contributed by atoms with Gasteiger partial charge in [-0.3, -0.25) is 4.79 Å². The van der Waals surface area contributed by atoms with Crippen molar-refractivity contribution in [3.63, 3.8) is 0 Å². The van der Waals surface area contributed by atoms with Gasteiger partial charge in [0.1, 0.15) is 5.82 Å². The molecular formula is C9H9N3O. The first-order valence-corrected chi connectivity index (χ1v) is 4.00. The molecule has 0 fully saturated rings. The van der Waals surface area contributed by atoms with Gasteiger partial charge < -0.3 is 4.98 Å². The Morgan fingerprint density at radius 3 is 2.92 bits per heavy atom. The zero-order valence-electron chi connectivity index (χ0n) is 7.46. The fourth-order valence-corrected chi connectivity index (χ4v) is 1.25. The highest BCUT2D eigenvalue weighted by Crippen LogP contribution is 2.05. The maximum atomic E-state index is 11.4. The Morgan fingerprint density at radius 2 is 2.15 bits per heavy atom. The SMILES string of the molecule is Cc1cnc2c(=O)[nH]c(C)nc2c1. The summed E-state index contributed by atoms with van der Waals surface area (Å²) in [7, 11) is 0. The predicted molar refractivity (Wildman–Crippen MR) is 49.6 cm³/mol. The van der Waals surface area contributed by atoms with Crippen LogP contribution in [0.4, 0.5) is 0 Å². The third-order valence-corrected chi connectivity index (χ3v) is 1.80. The van der Waals surface area contributed by atoms with Crippen LogP contribution in [0.25, 0.3) is 11.0 Å². The van der Waals surface area contributed by atoms with E-state index in [0.29, 0.717) is 16.9 Å². The summed E-state index contributed by atoms with van der Waals surface area (Å²) in [5, 5.41) is 0. The average Bonchev–Trinajstić information content (AvgIpc) is 2.02. The number of nitrogens with one attached hydrogen (secondary N) is 1. The molecule has 0 atom stereocenters. The van der Waals surface area contributed by atoms with Gasteiger partial charge in [0, 0.05) is 6.20 Å². The summed E-state index contributed by atoms with van der Waals surface area (Å²) in [6, 6.07) is 1.85. The Balaban J connectivity index is 2.95. The van der Waals surface area contributed by atoms with Gasteiger partial charge in [-0.1, -0.05) is 0 Å². The quantitative estimate of drug-likeness (QED) is 0.648. The molecule has 2 heterocycles. The molecule has 4 heteroatoms. The molecule has 0 aliphatic carbocycles. The second kappa shape index (κ2) is 2.65. The zero-order chi connectivity index (χ0) is 9.42. The second-order valence-corrected chi connectivity index (χ2v) is 3.03. The van der Waals surface area contributed by atoms with E-state index >= 15 is 0 Å². The molecule has 2 aromatic heterocycles. The van der Waals surface area contributed by atoms with Gasteiger partial charge in [0.25, 0.3) is 5.56 Å². The molecule has 2 rings (SSSR count). The molecule has 0 radical (unpaired) electrons. The number of hydrogen-bond donors (Lipinski definition) is 1. The van der Waals surface area contributed by atoms with Crippen molar-refractivity contribution >= 4 is 11.0 Å². The van der Waals surface area contributed by atoms with Crippen LogP contribution in [0.3, 0.4) is 0 Å². The summed E-state index contributed by atoms with van der Waals surface area (Å²) in [4.78, 5) is 22.2. The van der Waals surface area contributed by atoms with Crippen molar-refractivity contribution in [2.45, 2.75) is 13.8 Å². The molecular weight excluding hydrogens is 166 g/mol. The van der Waals surface area contributed by atoms with Crippen molar-refractivity contribution in [1.82, 2.24) is 15.0 Å². The van der Waals surface area contributed by atoms with E-state index in [1.807, 2.05) is 13.0 Å². The van der Waals surface area contributed by atoms with E-state index in [2.05, 4.69) is 15.0 Å². The molecule has 0 spiro atoms. The number of hydrogen-bond acceptors (Lipinski definition) is 3. The second-order valence-electron chi connectivity index (χ2n) is 3.03. The lowest BCUT2D eigenvalue weighted by molar-refractivity contribution is 1.04. The zero-order valence-corrected chi connectivity index (χ0v) is 7.46. The van der Waals surface area contributed by atoms with Crippen LogP contribution < -0.4 is 5.56 Å². The smallest absolute Gasteiger partial charge is 0.277 e. The molecule has 0 unspecified atom stereocenters. The lowest BCUT2D eigenvalue weighted by atomic mass is 10.3. The maximum Gasteiger partial charge on any atom is 0.277 e. The lowest BCUT2D eigenvalue weighted by Gasteiger charge is -1.97. The number of aromatic nitrogens is 3. The largest absolute Gasteiger partial charge is 0.309 e. The average molecular weight is 175 g/mol. The van der Waals surface area contributed by atoms with Crippen molar-refractivity contribution in [1.29, 1.82) is 0 Å². The summed E-state index contributed by atoms with van der Waals surface area (Å²) in [6.45, 7) is 3.67. The summed E-state index contributed by atoms with van der Waals surface area (Å²) >= 11 is 0. The van der Waals surface area contributed by atoms with Gasteiger partial charge >= 0.3 is 0 Å². The van der Waals surface area contributed by atoms with Crippen LogP contribution in [0.2, 0.25) is 0 Å². The Hall–Kier alpha value is -1.71. The van der Waals surface area contributed by atoms with E-state index in [1.165, 1.54) is 0 Å². The third kappa shape index (κ3) is 1.30. The summed E-state index contributed by atoms with van der Waals surface area (Å²) in [5.41, 5.74) is 1.88. The summed E-state index contributed by atoms with van der Waals surface area (Å²) in [5.74, 6) is 0.616. The van der Waals surface area contributed by atoms with Crippen molar-refractivity contribution in [3.8, 4) is 0 Å². The number of pyridine rings is 1. The van der Waals surface area contributed by atoms with Crippen LogP contribution in [-0.2, 0) is 0 Å². The van der Waals surface area contributed by atoms with E-state index in [-0.39, 0.29) is 5.56 Å². The number of aryl methyl sites for hydroxylation is 2. The molecule has 0 amide bonds. The molecule has 0 saturated carbocycles. The van der Waals surface area contributed by atoms with Crippen LogP contribution in [0, 0.1) is 13.8 Å². The van der Waals surface area contributed by atoms with Gasteiger partial charge in [0.15, 0.2) is 5.52 Å². The minimum atomic E-state index is -0.178. The minimum Gasteiger partial charge on any atom is -0.309 e. The Labute approximate surface area is 74.7 Å². The number of rotatable bonds is 0. The van der Waals surface area contributed by atoms with Crippen molar-refractivity contribution in [2.75, 3.05) is 0 Å². The van der Waals surface area contributed by atoms with E-state index in [4.69, 9.17) is 0 Å². The highest BCUT2D eigenvalue weighted by Gasteiger charge is 2.01. The van der Waals surface area contributed by atoms with Crippen molar-refractivity contribution < 1.29 is 0 Å². The van der Waals surface area contributed by atoms with Crippen LogP contribution in [0.15, 0.2) is 17.1 Å². The van der Waals surface area contributed by atoms with Gasteiger partial charge in [-0.2, -0.15) is 0 Å². The standard InChI is InChI=1S/C9H9N3O/c1-5-3-7-8(10-4-5)9(13)12-6(2)11-7/h3-4H,1-2H3,(H,11,12,13). The fraction of sp³-hybridized carbons (Fsp3) is 0.222. The topological polar surface area (TPSA) is 58.6 Å². The van der Waals surface area contributed by atoms with Crippen LogP contribution in [-0.4, -0.2) is 15.0 Å². The summed E-state index contributed by atoms with van der Waals surface area (Å²) in [6.07, 6.45) is 1.66. The van der Waals surface area contributed by atoms with Crippen LogP contribution in [0.5, 0.6) is 0 Å². The predicted octanol–water partition coefficient (Wildman–Crippen LogP) is 0.935. The van der Waals surface area contributed by atoms with E-state index in [0.717, 1.165) is 5.56 Å². The molecule has 2 aromatic rings. The van der Waals surface area contributed by atoms with E-state index < -0.39 is 0 Å². The molecule has 0 bridgehead atoms. The normalized spacial score (nSPS) is 10.6. The van der Waals surface area contributed by atoms with Gasteiger partial charge in [0.05, 0.1) is 5.52 Å². The Morgan fingerprint density at radius 1 is 1.38 bits per heavy atom. The van der Waals surface area contributed by atoms with E-state index in [1.54, 1.807) is 13.1 Å². The first kappa shape index (κ1) is 7.91. The van der Waals surface area contributed by atoms with Crippen molar-refractivity contribution in [3.05, 3.63) is 34.0 Å². The number of aromatic amines is 1. The van der Waals surface area contributed by atoms with Gasteiger partial charge in [-0.25, -0.2) is 9.97 Å². The minimum absolute atomic E-state index is 0.178. The van der Waals surface area contributed by atoms with E-state index in [9.17, 15) is 4.79 Å². The third-order valence-electron chi connectivity index (χ3n) is 1.80. The molecule has 13 heavy (non-hydrogen) atoms. The lowest BCUT2D eigenvalue weighted by Crippen LogP contribution is -2.11. The first-order chi connectivity index (χ1) is 6.16. The molecule has 0 aliphatic heterocycles. The van der Waals surface area contributed by atoms with Gasteiger partial charge in [0.2, 0.25) is 0 Å². The Bertz CT molecular complexity index is 510. The van der Waals surface area contributed by atoms with Gasteiger partial charge in [-0.05, 0) is 25.5 Å². The molecule has 0 saturated heterocycles. The van der Waals surface area contributed by atoms with Crippen LogP contribution in [0.1, 0.15) is 11.4 Å². The highest BCUT2D eigenvalue weighted by molar-refractivity contribution is 5.73. The molecule has 0 aliphatic rings. The Kier molecular flexibility index (Phi) is 1.62. The molecule has 66 valence electrons. The van der Waals surface area contributed by atoms with Crippen LogP contribution >= 0.6 is 0 Å². The van der Waals surface area contributed by atoms with Crippen molar-refractivity contribution in [2.24, 2.45) is 0 Å². The monoisotopic (exact) mass is 175 g/mol. The highest BCUT2D eigenvalue weighted by atomic mass is 16.1. The summed E-state index contributed by atoms with van der Waals surface area (Å²) < 4.78 is 0. The first-order valence-electron chi connectivity index (χ1n) is 4.00. The fourth-order valence-electron chi connectivity index (χ4n) is 1.25. The molecule has 4 nitrogen and oxygen atoms in total. The maximum absolute atomic E-state index is 11.4. The number of H-pyrrole nitrogens is 1.